The van der Waals surface area contributed by atoms with E-state index < -0.39 is 0 Å². The van der Waals surface area contributed by atoms with Gasteiger partial charge in [0.2, 0.25) is 0 Å². The van der Waals surface area contributed by atoms with Crippen LogP contribution in [0, 0.1) is 18.3 Å². The van der Waals surface area contributed by atoms with Crippen molar-refractivity contribution in [2.75, 3.05) is 19.8 Å². The summed E-state index contributed by atoms with van der Waals surface area (Å²) in [5.41, 5.74) is 5.89. The van der Waals surface area contributed by atoms with Crippen LogP contribution in [0.1, 0.15) is 50.7 Å². The molecule has 1 heterocycles. The predicted molar refractivity (Wildman–Crippen MR) is 150 cm³/mol. The Labute approximate surface area is 220 Å². The van der Waals surface area contributed by atoms with Crippen molar-refractivity contribution in [3.8, 4) is 34.6 Å². The lowest BCUT2D eigenvalue weighted by Crippen LogP contribution is -2.03. The second-order valence-electron chi connectivity index (χ2n) is 9.26. The summed E-state index contributed by atoms with van der Waals surface area (Å²) in [5, 5.41) is 9.97. The third kappa shape index (κ3) is 6.46. The van der Waals surface area contributed by atoms with E-state index in [0.29, 0.717) is 12.3 Å². The van der Waals surface area contributed by atoms with E-state index in [0.717, 1.165) is 61.5 Å². The first-order valence-electron chi connectivity index (χ1n) is 13.2. The summed E-state index contributed by atoms with van der Waals surface area (Å²) in [7, 11) is 0. The first kappa shape index (κ1) is 26.2. The second kappa shape index (κ2) is 12.9. The van der Waals surface area contributed by atoms with Crippen LogP contribution in [0.15, 0.2) is 66.7 Å². The Balaban J connectivity index is 1.71. The van der Waals surface area contributed by atoms with Crippen LogP contribution in [0.5, 0.6) is 17.2 Å². The molecule has 0 aliphatic heterocycles. The molecule has 5 heteroatoms. The van der Waals surface area contributed by atoms with Crippen LogP contribution in [0.25, 0.3) is 22.2 Å². The van der Waals surface area contributed by atoms with E-state index in [1.54, 1.807) is 0 Å². The molecule has 4 rings (SSSR count). The van der Waals surface area contributed by atoms with Gasteiger partial charge in [-0.1, -0.05) is 38.8 Å². The molecule has 4 aromatic rings. The zero-order valence-electron chi connectivity index (χ0n) is 22.1. The fourth-order valence-electron chi connectivity index (χ4n) is 4.49. The third-order valence-electron chi connectivity index (χ3n) is 6.52. The quantitative estimate of drug-likeness (QED) is 0.176. The molecule has 0 saturated carbocycles. The Bertz CT molecular complexity index is 1330. The van der Waals surface area contributed by atoms with Crippen LogP contribution >= 0.6 is 0 Å². The number of hydrogen-bond acceptors (Lipinski definition) is 4. The number of ether oxygens (including phenoxy) is 3. The minimum absolute atomic E-state index is 0.0474. The Morgan fingerprint density at radius 1 is 0.757 bits per heavy atom. The molecule has 192 valence electrons. The second-order valence-corrected chi connectivity index (χ2v) is 9.26. The van der Waals surface area contributed by atoms with Gasteiger partial charge in [-0.3, -0.25) is 0 Å². The Morgan fingerprint density at radius 2 is 1.35 bits per heavy atom. The fourth-order valence-corrected chi connectivity index (χ4v) is 4.49. The van der Waals surface area contributed by atoms with Gasteiger partial charge in [0.05, 0.1) is 18.9 Å². The largest absolute Gasteiger partial charge is 0.494 e. The molecule has 0 saturated heterocycles. The Hall–Kier alpha value is -3.91. The van der Waals surface area contributed by atoms with Crippen LogP contribution in [0.3, 0.4) is 0 Å². The highest BCUT2D eigenvalue weighted by Gasteiger charge is 2.17. The molecule has 0 aliphatic carbocycles. The van der Waals surface area contributed by atoms with Crippen LogP contribution in [0.2, 0.25) is 0 Å². The van der Waals surface area contributed by atoms with Gasteiger partial charge in [0, 0.05) is 17.4 Å². The lowest BCUT2D eigenvalue weighted by Gasteiger charge is -2.14. The minimum atomic E-state index is 0.0474. The van der Waals surface area contributed by atoms with Crippen molar-refractivity contribution >= 4 is 10.9 Å². The van der Waals surface area contributed by atoms with Gasteiger partial charge in [-0.2, -0.15) is 5.26 Å². The molecule has 1 aromatic heterocycles. The summed E-state index contributed by atoms with van der Waals surface area (Å²) >= 11 is 0. The highest BCUT2D eigenvalue weighted by molar-refractivity contribution is 5.92. The van der Waals surface area contributed by atoms with Crippen molar-refractivity contribution < 1.29 is 14.2 Å². The monoisotopic (exact) mass is 496 g/mol. The average Bonchev–Trinajstić information content (AvgIpc) is 3.19. The number of nitriles is 1. The van der Waals surface area contributed by atoms with Crippen molar-refractivity contribution in [3.63, 3.8) is 0 Å². The zero-order valence-corrected chi connectivity index (χ0v) is 22.1. The number of fused-ring (bicyclic) bond motifs is 1. The van der Waals surface area contributed by atoms with Gasteiger partial charge in [-0.05, 0) is 91.1 Å². The van der Waals surface area contributed by atoms with Crippen LogP contribution in [0.4, 0.5) is 0 Å². The summed E-state index contributed by atoms with van der Waals surface area (Å²) in [6, 6.07) is 24.8. The highest BCUT2D eigenvalue weighted by Crippen LogP contribution is 2.36. The van der Waals surface area contributed by atoms with E-state index >= 15 is 0 Å². The summed E-state index contributed by atoms with van der Waals surface area (Å²) in [4.78, 5) is 0. The van der Waals surface area contributed by atoms with E-state index in [1.165, 1.54) is 22.2 Å². The zero-order chi connectivity index (χ0) is 26.0. The van der Waals surface area contributed by atoms with Gasteiger partial charge in [0.1, 0.15) is 23.3 Å². The SMILES string of the molecule is CCCCOc1ccc(-c2c(C)c3cc(OCCCC)ccc3n2Cc2ccc(OCC#N)cc2)cc1. The fraction of sp³-hybridized carbons (Fsp3) is 0.344. The maximum atomic E-state index is 8.77. The normalized spacial score (nSPS) is 10.9. The first-order valence-corrected chi connectivity index (χ1v) is 13.2. The molecule has 5 nitrogen and oxygen atoms in total. The molecule has 0 atom stereocenters. The Kier molecular flexibility index (Phi) is 9.10. The predicted octanol–water partition coefficient (Wildman–Crippen LogP) is 7.93. The lowest BCUT2D eigenvalue weighted by molar-refractivity contribution is 0.309. The molecule has 0 bridgehead atoms. The summed E-state index contributed by atoms with van der Waals surface area (Å²) in [6.45, 7) is 8.76. The lowest BCUT2D eigenvalue weighted by atomic mass is 10.1. The van der Waals surface area contributed by atoms with Crippen molar-refractivity contribution in [1.82, 2.24) is 4.57 Å². The maximum Gasteiger partial charge on any atom is 0.174 e. The minimum Gasteiger partial charge on any atom is -0.494 e. The van der Waals surface area contributed by atoms with E-state index in [1.807, 2.05) is 18.2 Å². The molecule has 37 heavy (non-hydrogen) atoms. The molecule has 0 amide bonds. The maximum absolute atomic E-state index is 8.77. The molecular weight excluding hydrogens is 460 g/mol. The molecule has 3 aromatic carbocycles. The number of benzene rings is 3. The van der Waals surface area contributed by atoms with Gasteiger partial charge in [0.15, 0.2) is 6.61 Å². The third-order valence-corrected chi connectivity index (χ3v) is 6.52. The van der Waals surface area contributed by atoms with Crippen molar-refractivity contribution in [2.24, 2.45) is 0 Å². The standard InChI is InChI=1S/C32H36N2O3/c1-4-6-19-35-28-14-10-26(11-15-28)32-24(3)30-22-29(36-20-7-5-2)16-17-31(30)34(32)23-25-8-12-27(13-9-25)37-21-18-33/h8-17,22H,4-7,19-21,23H2,1-3H3. The number of aromatic nitrogens is 1. The van der Waals surface area contributed by atoms with E-state index in [-0.39, 0.29) is 6.61 Å². The van der Waals surface area contributed by atoms with Crippen molar-refractivity contribution in [2.45, 2.75) is 53.0 Å². The van der Waals surface area contributed by atoms with Gasteiger partial charge in [-0.25, -0.2) is 0 Å². The number of aryl methyl sites for hydroxylation is 1. The van der Waals surface area contributed by atoms with Gasteiger partial charge < -0.3 is 18.8 Å². The number of rotatable bonds is 13. The Morgan fingerprint density at radius 3 is 2.00 bits per heavy atom. The molecule has 0 aliphatic rings. The van der Waals surface area contributed by atoms with E-state index in [4.69, 9.17) is 19.5 Å². The van der Waals surface area contributed by atoms with Crippen LogP contribution in [-0.4, -0.2) is 24.4 Å². The molecule has 0 radical (unpaired) electrons. The van der Waals surface area contributed by atoms with Crippen LogP contribution < -0.4 is 14.2 Å². The molecular formula is C32H36N2O3. The van der Waals surface area contributed by atoms with E-state index in [2.05, 4.69) is 79.9 Å². The van der Waals surface area contributed by atoms with E-state index in [9.17, 15) is 0 Å². The first-order chi connectivity index (χ1) is 18.1. The number of unbranched alkanes of at least 4 members (excludes halogenated alkanes) is 2. The van der Waals surface area contributed by atoms with Gasteiger partial charge >= 0.3 is 0 Å². The van der Waals surface area contributed by atoms with Crippen LogP contribution in [-0.2, 0) is 6.54 Å². The summed E-state index contributed by atoms with van der Waals surface area (Å²) in [5.74, 6) is 2.51. The summed E-state index contributed by atoms with van der Waals surface area (Å²) < 4.78 is 19.7. The molecule has 0 N–H and O–H groups in total. The average molecular weight is 497 g/mol. The number of nitrogens with zero attached hydrogens (tertiary/aromatic N) is 2. The topological polar surface area (TPSA) is 56.4 Å². The molecule has 0 fully saturated rings. The number of hydrogen-bond donors (Lipinski definition) is 0. The van der Waals surface area contributed by atoms with Gasteiger partial charge in [-0.15, -0.1) is 0 Å². The smallest absolute Gasteiger partial charge is 0.174 e. The summed E-state index contributed by atoms with van der Waals surface area (Å²) in [6.07, 6.45) is 4.33. The molecule has 0 unspecified atom stereocenters. The van der Waals surface area contributed by atoms with Crippen molar-refractivity contribution in [1.29, 1.82) is 5.26 Å². The highest BCUT2D eigenvalue weighted by atomic mass is 16.5. The van der Waals surface area contributed by atoms with Crippen molar-refractivity contribution in [3.05, 3.63) is 77.9 Å². The molecule has 0 spiro atoms. The van der Waals surface area contributed by atoms with Gasteiger partial charge in [0.25, 0.3) is 0 Å².